The molecule has 0 aromatic carbocycles. The molecule has 0 atom stereocenters. The lowest BCUT2D eigenvalue weighted by molar-refractivity contribution is 1.04. The minimum absolute atomic E-state index is 1.02. The summed E-state index contributed by atoms with van der Waals surface area (Å²) in [6.07, 6.45) is 11.8. The summed E-state index contributed by atoms with van der Waals surface area (Å²) in [6.45, 7) is 8.48. The summed E-state index contributed by atoms with van der Waals surface area (Å²) in [4.78, 5) is 0. The molecule has 0 aliphatic carbocycles. The first-order valence-corrected chi connectivity index (χ1v) is 5.39. The van der Waals surface area contributed by atoms with Crippen LogP contribution in [0, 0.1) is 0 Å². The van der Waals surface area contributed by atoms with Crippen molar-refractivity contribution in [1.29, 1.82) is 0 Å². The Hall–Kier alpha value is -1.00. The van der Waals surface area contributed by atoms with E-state index in [0.717, 1.165) is 19.3 Å². The van der Waals surface area contributed by atoms with Gasteiger partial charge in [-0.25, -0.2) is 0 Å². The zero-order chi connectivity index (χ0) is 10.8. The quantitative estimate of drug-likeness (QED) is 0.431. The van der Waals surface area contributed by atoms with Gasteiger partial charge in [-0.1, -0.05) is 30.2 Å². The van der Waals surface area contributed by atoms with Crippen LogP contribution in [0.2, 0.25) is 0 Å². The van der Waals surface area contributed by atoms with Crippen LogP contribution in [-0.2, 0) is 0 Å². The molecule has 0 aromatic heterocycles. The van der Waals surface area contributed by atoms with Crippen molar-refractivity contribution in [1.82, 2.24) is 0 Å². The van der Waals surface area contributed by atoms with Crippen LogP contribution < -0.4 is 0 Å². The molecule has 0 aliphatic rings. The Bertz CT molecular complexity index is 258. The highest BCUT2D eigenvalue weighted by Gasteiger charge is 1.91. The predicted molar refractivity (Wildman–Crippen MR) is 65.4 cm³/mol. The van der Waals surface area contributed by atoms with Crippen molar-refractivity contribution in [3.8, 4) is 0 Å². The summed E-state index contributed by atoms with van der Waals surface area (Å²) in [7, 11) is 0. The first kappa shape index (κ1) is 13.0. The van der Waals surface area contributed by atoms with Gasteiger partial charge in [-0.15, -0.1) is 5.73 Å². The van der Waals surface area contributed by atoms with Gasteiger partial charge in [0, 0.05) is 0 Å². The van der Waals surface area contributed by atoms with Crippen molar-refractivity contribution in [2.24, 2.45) is 0 Å². The lowest BCUT2D eigenvalue weighted by Crippen LogP contribution is -1.80. The van der Waals surface area contributed by atoms with Crippen molar-refractivity contribution < 1.29 is 0 Å². The molecule has 0 saturated heterocycles. The van der Waals surface area contributed by atoms with Crippen molar-refractivity contribution in [2.45, 2.75) is 47.0 Å². The van der Waals surface area contributed by atoms with Crippen LogP contribution in [0.1, 0.15) is 47.0 Å². The minimum Gasteiger partial charge on any atom is -0.130 e. The second-order valence-corrected chi connectivity index (χ2v) is 3.42. The van der Waals surface area contributed by atoms with E-state index in [1.165, 1.54) is 11.1 Å². The smallest absolute Gasteiger partial charge is 0.00597 e. The van der Waals surface area contributed by atoms with E-state index in [9.17, 15) is 0 Å². The fourth-order valence-corrected chi connectivity index (χ4v) is 1.08. The lowest BCUT2D eigenvalue weighted by Gasteiger charge is -2.00. The van der Waals surface area contributed by atoms with E-state index in [-0.39, 0.29) is 0 Å². The van der Waals surface area contributed by atoms with Gasteiger partial charge in [0.25, 0.3) is 0 Å². The average molecular weight is 190 g/mol. The van der Waals surface area contributed by atoms with Gasteiger partial charge in [-0.05, 0) is 52.2 Å². The monoisotopic (exact) mass is 190 g/mol. The number of hydrogen-bond donors (Lipinski definition) is 0. The Morgan fingerprint density at radius 1 is 1.21 bits per heavy atom. The standard InChI is InChI=1S/C14H22/c1-5-8-9-10-14(7-3)12-11-13(4)6-2/h5,7,9,11H,6,10,12H2,1-4H3. The van der Waals surface area contributed by atoms with Crippen LogP contribution in [0.3, 0.4) is 0 Å². The zero-order valence-electron chi connectivity index (χ0n) is 9.93. The zero-order valence-corrected chi connectivity index (χ0v) is 9.93. The van der Waals surface area contributed by atoms with Gasteiger partial charge in [0.1, 0.15) is 0 Å². The van der Waals surface area contributed by atoms with Gasteiger partial charge in [0.15, 0.2) is 0 Å². The molecule has 0 heteroatoms. The molecule has 0 N–H and O–H groups in total. The Morgan fingerprint density at radius 3 is 2.43 bits per heavy atom. The predicted octanol–water partition coefficient (Wildman–Crippen LogP) is 4.80. The van der Waals surface area contributed by atoms with E-state index in [4.69, 9.17) is 0 Å². The molecule has 0 nitrogen and oxygen atoms in total. The summed E-state index contributed by atoms with van der Waals surface area (Å²) in [6, 6.07) is 0. The fourth-order valence-electron chi connectivity index (χ4n) is 1.08. The van der Waals surface area contributed by atoms with Crippen LogP contribution in [-0.4, -0.2) is 0 Å². The highest BCUT2D eigenvalue weighted by Crippen LogP contribution is 2.11. The molecular formula is C14H22. The second kappa shape index (κ2) is 8.59. The highest BCUT2D eigenvalue weighted by molar-refractivity contribution is 5.13. The fraction of sp³-hybridized carbons (Fsp3) is 0.500. The largest absolute Gasteiger partial charge is 0.130 e. The molecule has 78 valence electrons. The normalized spacial score (nSPS) is 12.3. The first-order valence-electron chi connectivity index (χ1n) is 5.39. The summed E-state index contributed by atoms with van der Waals surface area (Å²) >= 11 is 0. The summed E-state index contributed by atoms with van der Waals surface area (Å²) in [5, 5.41) is 0. The van der Waals surface area contributed by atoms with Crippen molar-refractivity contribution in [2.75, 3.05) is 0 Å². The molecule has 0 aliphatic heterocycles. The summed E-state index contributed by atoms with van der Waals surface area (Å²) in [5.74, 6) is 0. The minimum atomic E-state index is 1.02. The van der Waals surface area contributed by atoms with Crippen LogP contribution in [0.4, 0.5) is 0 Å². The Kier molecular flexibility index (Phi) is 7.98. The third-order valence-electron chi connectivity index (χ3n) is 2.33. The Morgan fingerprint density at radius 2 is 1.93 bits per heavy atom. The van der Waals surface area contributed by atoms with Gasteiger partial charge in [0.2, 0.25) is 0 Å². The van der Waals surface area contributed by atoms with E-state index in [1.54, 1.807) is 0 Å². The first-order chi connectivity index (χ1) is 6.74. The van der Waals surface area contributed by atoms with Gasteiger partial charge < -0.3 is 0 Å². The number of hydrogen-bond acceptors (Lipinski definition) is 0. The molecule has 0 radical (unpaired) electrons. The Labute approximate surface area is 88.7 Å². The molecule has 0 amide bonds. The van der Waals surface area contributed by atoms with E-state index in [0.29, 0.717) is 0 Å². The third-order valence-corrected chi connectivity index (χ3v) is 2.33. The van der Waals surface area contributed by atoms with Crippen LogP contribution in [0.25, 0.3) is 0 Å². The maximum Gasteiger partial charge on any atom is -0.00597 e. The van der Waals surface area contributed by atoms with Crippen molar-refractivity contribution in [3.05, 3.63) is 41.2 Å². The van der Waals surface area contributed by atoms with Gasteiger partial charge in [-0.2, -0.15) is 0 Å². The van der Waals surface area contributed by atoms with Gasteiger partial charge in [0.05, 0.1) is 0 Å². The summed E-state index contributed by atoms with van der Waals surface area (Å²) < 4.78 is 0. The molecule has 0 saturated carbocycles. The maximum atomic E-state index is 3.10. The molecule has 0 rings (SSSR count). The molecule has 0 aromatic rings. The van der Waals surface area contributed by atoms with Crippen LogP contribution in [0.5, 0.6) is 0 Å². The van der Waals surface area contributed by atoms with E-state index in [1.807, 2.05) is 13.0 Å². The summed E-state index contributed by atoms with van der Waals surface area (Å²) in [5.41, 5.74) is 6.04. The topological polar surface area (TPSA) is 0 Å². The van der Waals surface area contributed by atoms with E-state index in [2.05, 4.69) is 44.7 Å². The van der Waals surface area contributed by atoms with Gasteiger partial charge in [-0.3, -0.25) is 0 Å². The molecule has 0 bridgehead atoms. The molecular weight excluding hydrogens is 168 g/mol. The second-order valence-electron chi connectivity index (χ2n) is 3.42. The Balaban J connectivity index is 4.12. The van der Waals surface area contributed by atoms with Crippen LogP contribution in [0.15, 0.2) is 41.2 Å². The number of rotatable bonds is 5. The highest BCUT2D eigenvalue weighted by atomic mass is 14.0. The third kappa shape index (κ3) is 6.51. The van der Waals surface area contributed by atoms with Crippen LogP contribution >= 0.6 is 0 Å². The van der Waals surface area contributed by atoms with E-state index >= 15 is 0 Å². The molecule has 0 heterocycles. The van der Waals surface area contributed by atoms with Gasteiger partial charge >= 0.3 is 0 Å². The molecule has 0 unspecified atom stereocenters. The van der Waals surface area contributed by atoms with E-state index < -0.39 is 0 Å². The number of allylic oxidation sites excluding steroid dienone is 5. The molecule has 14 heavy (non-hydrogen) atoms. The lowest BCUT2D eigenvalue weighted by atomic mass is 10.1. The van der Waals surface area contributed by atoms with Crippen molar-refractivity contribution in [3.63, 3.8) is 0 Å². The average Bonchev–Trinajstić information content (AvgIpc) is 2.22. The SMILES string of the molecule is CC=C=CCC(=CC)CC=C(C)CC. The molecule has 0 spiro atoms. The maximum absolute atomic E-state index is 3.10. The van der Waals surface area contributed by atoms with Crippen molar-refractivity contribution >= 4 is 0 Å². The molecule has 0 fully saturated rings.